The fraction of sp³-hybridized carbons (Fsp3) is 0.909. The van der Waals surface area contributed by atoms with Gasteiger partial charge in [0.1, 0.15) is 0 Å². The Morgan fingerprint density at radius 1 is 1.36 bits per heavy atom. The van der Waals surface area contributed by atoms with E-state index in [9.17, 15) is 4.79 Å². The Morgan fingerprint density at radius 2 is 1.86 bits per heavy atom. The van der Waals surface area contributed by atoms with Crippen LogP contribution in [-0.4, -0.2) is 36.1 Å². The van der Waals surface area contributed by atoms with Crippen LogP contribution >= 0.6 is 0 Å². The molecule has 3 heteroatoms. The van der Waals surface area contributed by atoms with Gasteiger partial charge in [-0.1, -0.05) is 27.7 Å². The van der Waals surface area contributed by atoms with E-state index in [4.69, 9.17) is 5.11 Å². The van der Waals surface area contributed by atoms with Crippen molar-refractivity contribution in [2.24, 2.45) is 17.8 Å². The average molecular weight is 201 g/mol. The number of carboxylic acid groups (broad SMARTS) is 1. The first-order valence-electron chi connectivity index (χ1n) is 5.43. The highest BCUT2D eigenvalue weighted by atomic mass is 16.4. The second-order valence-corrected chi connectivity index (χ2v) is 4.07. The lowest BCUT2D eigenvalue weighted by molar-refractivity contribution is -0.143. The highest BCUT2D eigenvalue weighted by Gasteiger charge is 2.37. The van der Waals surface area contributed by atoms with Crippen molar-refractivity contribution in [1.29, 1.82) is 0 Å². The summed E-state index contributed by atoms with van der Waals surface area (Å²) in [7, 11) is 1.98. The molecule has 14 heavy (non-hydrogen) atoms. The Bertz CT molecular complexity index is 180. The summed E-state index contributed by atoms with van der Waals surface area (Å²) in [5.74, 6) is -0.00315. The summed E-state index contributed by atoms with van der Waals surface area (Å²) >= 11 is 0. The van der Waals surface area contributed by atoms with E-state index in [-0.39, 0.29) is 5.92 Å². The van der Waals surface area contributed by atoms with Gasteiger partial charge < -0.3 is 10.0 Å². The predicted octanol–water partition coefficient (Wildman–Crippen LogP) is 1.93. The second kappa shape index (κ2) is 6.02. The number of aliphatic carboxylic acids is 1. The number of hydrogen-bond acceptors (Lipinski definition) is 2. The largest absolute Gasteiger partial charge is 0.481 e. The van der Waals surface area contributed by atoms with Gasteiger partial charge in [0.2, 0.25) is 0 Å². The number of carboxylic acids is 1. The van der Waals surface area contributed by atoms with Gasteiger partial charge in [-0.25, -0.2) is 0 Å². The fourth-order valence-corrected chi connectivity index (χ4v) is 1.97. The zero-order chi connectivity index (χ0) is 11.3. The van der Waals surface area contributed by atoms with Crippen LogP contribution in [0.1, 0.15) is 27.7 Å². The van der Waals surface area contributed by atoms with E-state index in [2.05, 4.69) is 18.7 Å². The maximum absolute atomic E-state index is 10.8. The molecule has 1 aliphatic heterocycles. The van der Waals surface area contributed by atoms with Gasteiger partial charge in [-0.3, -0.25) is 4.79 Å². The summed E-state index contributed by atoms with van der Waals surface area (Å²) in [6.07, 6.45) is 0. The Kier molecular flexibility index (Phi) is 5.77. The Labute approximate surface area is 87.1 Å². The van der Waals surface area contributed by atoms with Crippen molar-refractivity contribution in [3.63, 3.8) is 0 Å². The fourth-order valence-electron chi connectivity index (χ4n) is 1.97. The topological polar surface area (TPSA) is 40.5 Å². The summed E-state index contributed by atoms with van der Waals surface area (Å²) in [5, 5.41) is 8.92. The van der Waals surface area contributed by atoms with Crippen LogP contribution in [0, 0.1) is 17.8 Å². The van der Waals surface area contributed by atoms with Crippen LogP contribution in [-0.2, 0) is 4.79 Å². The first kappa shape index (κ1) is 13.4. The quantitative estimate of drug-likeness (QED) is 0.742. The molecule has 0 radical (unpaired) electrons. The van der Waals surface area contributed by atoms with E-state index in [1.165, 1.54) is 0 Å². The summed E-state index contributed by atoms with van der Waals surface area (Å²) in [6, 6.07) is 0. The van der Waals surface area contributed by atoms with Gasteiger partial charge in [0.05, 0.1) is 5.92 Å². The zero-order valence-corrected chi connectivity index (χ0v) is 9.95. The third-order valence-corrected chi connectivity index (χ3v) is 2.72. The van der Waals surface area contributed by atoms with Crippen LogP contribution in [0.3, 0.4) is 0 Å². The molecule has 3 nitrogen and oxygen atoms in total. The molecule has 1 heterocycles. The Morgan fingerprint density at radius 3 is 2.14 bits per heavy atom. The molecule has 0 aromatic carbocycles. The molecule has 1 N–H and O–H groups in total. The normalized spacial score (nSPS) is 27.3. The van der Waals surface area contributed by atoms with Crippen LogP contribution in [0.25, 0.3) is 0 Å². The van der Waals surface area contributed by atoms with Crippen LogP contribution in [0.5, 0.6) is 0 Å². The van der Waals surface area contributed by atoms with Crippen LogP contribution in [0.15, 0.2) is 0 Å². The molecule has 0 amide bonds. The second-order valence-electron chi connectivity index (χ2n) is 4.07. The molecule has 1 rings (SSSR count). The maximum Gasteiger partial charge on any atom is 0.308 e. The lowest BCUT2D eigenvalue weighted by Gasteiger charge is -2.17. The SMILES string of the molecule is CC.CC(C)C1CN(C)CC1C(=O)O. The van der Waals surface area contributed by atoms with Gasteiger partial charge in [-0.2, -0.15) is 0 Å². The van der Waals surface area contributed by atoms with Crippen LogP contribution < -0.4 is 0 Å². The molecular weight excluding hydrogens is 178 g/mol. The van der Waals surface area contributed by atoms with Gasteiger partial charge in [-0.15, -0.1) is 0 Å². The molecule has 0 spiro atoms. The summed E-state index contributed by atoms with van der Waals surface area (Å²) in [4.78, 5) is 12.9. The number of likely N-dealkylation sites (tertiary alicyclic amines) is 1. The van der Waals surface area contributed by atoms with E-state index < -0.39 is 5.97 Å². The molecule has 0 aromatic rings. The lowest BCUT2D eigenvalue weighted by Crippen LogP contribution is -2.25. The van der Waals surface area contributed by atoms with Crippen molar-refractivity contribution in [3.05, 3.63) is 0 Å². The molecular formula is C11H23NO2. The number of rotatable bonds is 2. The third-order valence-electron chi connectivity index (χ3n) is 2.72. The summed E-state index contributed by atoms with van der Waals surface area (Å²) in [6.45, 7) is 9.83. The van der Waals surface area contributed by atoms with Gasteiger partial charge >= 0.3 is 5.97 Å². The molecule has 0 aliphatic carbocycles. The number of carbonyl (C=O) groups is 1. The van der Waals surface area contributed by atoms with Crippen molar-refractivity contribution in [2.75, 3.05) is 20.1 Å². The van der Waals surface area contributed by atoms with E-state index in [1.54, 1.807) is 0 Å². The minimum absolute atomic E-state index is 0.157. The molecule has 84 valence electrons. The zero-order valence-electron chi connectivity index (χ0n) is 9.95. The Hall–Kier alpha value is -0.570. The van der Waals surface area contributed by atoms with Crippen LogP contribution in [0.4, 0.5) is 0 Å². The summed E-state index contributed by atoms with van der Waals surface area (Å²) in [5.41, 5.74) is 0. The lowest BCUT2D eigenvalue weighted by atomic mass is 9.86. The van der Waals surface area contributed by atoms with Crippen molar-refractivity contribution in [3.8, 4) is 0 Å². The maximum atomic E-state index is 10.8. The minimum Gasteiger partial charge on any atom is -0.481 e. The smallest absolute Gasteiger partial charge is 0.308 e. The van der Waals surface area contributed by atoms with Gasteiger partial charge in [0.25, 0.3) is 0 Å². The van der Waals surface area contributed by atoms with E-state index in [1.807, 2.05) is 20.9 Å². The van der Waals surface area contributed by atoms with E-state index >= 15 is 0 Å². The van der Waals surface area contributed by atoms with Crippen molar-refractivity contribution in [2.45, 2.75) is 27.7 Å². The van der Waals surface area contributed by atoms with E-state index in [0.717, 1.165) is 6.54 Å². The molecule has 0 aromatic heterocycles. The van der Waals surface area contributed by atoms with Crippen molar-refractivity contribution >= 4 is 5.97 Å². The average Bonchev–Trinajstić information content (AvgIpc) is 2.51. The van der Waals surface area contributed by atoms with E-state index in [0.29, 0.717) is 18.4 Å². The molecule has 1 fully saturated rings. The minimum atomic E-state index is -0.641. The monoisotopic (exact) mass is 201 g/mol. The van der Waals surface area contributed by atoms with Gasteiger partial charge in [0, 0.05) is 13.1 Å². The molecule has 0 saturated carbocycles. The van der Waals surface area contributed by atoms with Crippen molar-refractivity contribution in [1.82, 2.24) is 4.90 Å². The molecule has 0 bridgehead atoms. The van der Waals surface area contributed by atoms with Gasteiger partial charge in [-0.05, 0) is 18.9 Å². The number of nitrogens with zero attached hydrogens (tertiary/aromatic N) is 1. The first-order chi connectivity index (χ1) is 6.52. The van der Waals surface area contributed by atoms with Gasteiger partial charge in [0.15, 0.2) is 0 Å². The molecule has 1 saturated heterocycles. The van der Waals surface area contributed by atoms with Crippen molar-refractivity contribution < 1.29 is 9.90 Å². The molecule has 2 unspecified atom stereocenters. The summed E-state index contributed by atoms with van der Waals surface area (Å²) < 4.78 is 0. The third kappa shape index (κ3) is 3.29. The predicted molar refractivity (Wildman–Crippen MR) is 58.3 cm³/mol. The molecule has 1 aliphatic rings. The standard InChI is InChI=1S/C9H17NO2.C2H6/c1-6(2)7-4-10(3)5-8(7)9(11)12;1-2/h6-8H,4-5H2,1-3H3,(H,11,12);1-2H3. The number of hydrogen-bond donors (Lipinski definition) is 1. The molecule has 2 atom stereocenters. The highest BCUT2D eigenvalue weighted by molar-refractivity contribution is 5.71. The van der Waals surface area contributed by atoms with Crippen LogP contribution in [0.2, 0.25) is 0 Å². The Balaban J connectivity index is 0.000000791. The first-order valence-corrected chi connectivity index (χ1v) is 5.43. The highest BCUT2D eigenvalue weighted by Crippen LogP contribution is 2.28.